The van der Waals surface area contributed by atoms with Crippen LogP contribution in [0.4, 0.5) is 0 Å². The molecule has 1 unspecified atom stereocenters. The number of amides is 1. The summed E-state index contributed by atoms with van der Waals surface area (Å²) in [6.07, 6.45) is 1.92. The Kier molecular flexibility index (Phi) is 4.16. The number of hydrogen-bond acceptors (Lipinski definition) is 3. The molecule has 1 aromatic heterocycles. The molecular formula is C14H20N4O. The molecule has 1 atom stereocenters. The number of nitrogens with zero attached hydrogens (tertiary/aromatic N) is 2. The molecule has 1 heterocycles. The van der Waals surface area contributed by atoms with Gasteiger partial charge in [-0.1, -0.05) is 31.5 Å². The van der Waals surface area contributed by atoms with Gasteiger partial charge in [-0.25, -0.2) is 0 Å². The van der Waals surface area contributed by atoms with Gasteiger partial charge in [0.25, 0.3) is 5.91 Å². The molecule has 102 valence electrons. The Morgan fingerprint density at radius 2 is 2.21 bits per heavy atom. The second kappa shape index (κ2) is 5.84. The van der Waals surface area contributed by atoms with Crippen molar-refractivity contribution in [1.29, 1.82) is 0 Å². The van der Waals surface area contributed by atoms with Crippen LogP contribution in [-0.4, -0.2) is 28.3 Å². The lowest BCUT2D eigenvalue weighted by Crippen LogP contribution is -2.37. The van der Waals surface area contributed by atoms with Crippen molar-refractivity contribution in [2.24, 2.45) is 12.8 Å². The van der Waals surface area contributed by atoms with Gasteiger partial charge in [-0.05, 0) is 12.5 Å². The molecule has 3 N–H and O–H groups in total. The highest BCUT2D eigenvalue weighted by molar-refractivity contribution is 6.04. The maximum Gasteiger partial charge on any atom is 0.272 e. The van der Waals surface area contributed by atoms with Gasteiger partial charge in [0.1, 0.15) is 0 Å². The summed E-state index contributed by atoms with van der Waals surface area (Å²) in [5, 5.41) is 7.99. The minimum atomic E-state index is -0.164. The molecule has 5 heteroatoms. The van der Waals surface area contributed by atoms with Crippen LogP contribution in [0.2, 0.25) is 0 Å². The molecule has 5 nitrogen and oxygen atoms in total. The molecule has 2 rings (SSSR count). The Morgan fingerprint density at radius 1 is 1.47 bits per heavy atom. The standard InChI is InChI=1S/C14H20N4O/c1-3-6-10(15)9-16-14(19)13-11-7-4-5-8-12(11)18(2)17-13/h4-5,7-8,10H,3,6,9,15H2,1-2H3,(H,16,19). The molecular weight excluding hydrogens is 240 g/mol. The van der Waals surface area contributed by atoms with Crippen LogP contribution in [0.3, 0.4) is 0 Å². The summed E-state index contributed by atoms with van der Waals surface area (Å²) in [6.45, 7) is 2.56. The molecule has 1 aromatic carbocycles. The van der Waals surface area contributed by atoms with E-state index >= 15 is 0 Å². The van der Waals surface area contributed by atoms with Crippen molar-refractivity contribution in [1.82, 2.24) is 15.1 Å². The Balaban J connectivity index is 2.13. The van der Waals surface area contributed by atoms with Crippen LogP contribution in [0.5, 0.6) is 0 Å². The topological polar surface area (TPSA) is 72.9 Å². The van der Waals surface area contributed by atoms with Crippen molar-refractivity contribution in [3.8, 4) is 0 Å². The van der Waals surface area contributed by atoms with E-state index in [0.717, 1.165) is 23.7 Å². The second-order valence-electron chi connectivity index (χ2n) is 4.75. The third-order valence-electron chi connectivity index (χ3n) is 3.16. The third-order valence-corrected chi connectivity index (χ3v) is 3.16. The largest absolute Gasteiger partial charge is 0.349 e. The smallest absolute Gasteiger partial charge is 0.272 e. The van der Waals surface area contributed by atoms with Gasteiger partial charge in [-0.2, -0.15) is 5.10 Å². The van der Waals surface area contributed by atoms with E-state index < -0.39 is 0 Å². The first-order valence-corrected chi connectivity index (χ1v) is 6.59. The van der Waals surface area contributed by atoms with Crippen LogP contribution < -0.4 is 11.1 Å². The lowest BCUT2D eigenvalue weighted by atomic mass is 10.1. The van der Waals surface area contributed by atoms with Gasteiger partial charge in [0.2, 0.25) is 0 Å². The van der Waals surface area contributed by atoms with Crippen molar-refractivity contribution < 1.29 is 4.79 Å². The summed E-state index contributed by atoms with van der Waals surface area (Å²) in [5.74, 6) is -0.164. The quantitative estimate of drug-likeness (QED) is 0.854. The van der Waals surface area contributed by atoms with Crippen LogP contribution in [0.1, 0.15) is 30.3 Å². The van der Waals surface area contributed by atoms with Crippen molar-refractivity contribution in [3.05, 3.63) is 30.0 Å². The number of carbonyl (C=O) groups is 1. The number of nitrogens with one attached hydrogen (secondary N) is 1. The van der Waals surface area contributed by atoms with Gasteiger partial charge < -0.3 is 11.1 Å². The zero-order chi connectivity index (χ0) is 13.8. The molecule has 0 radical (unpaired) electrons. The van der Waals surface area contributed by atoms with Crippen LogP contribution >= 0.6 is 0 Å². The molecule has 0 aliphatic carbocycles. The van der Waals surface area contributed by atoms with E-state index in [1.807, 2.05) is 31.3 Å². The summed E-state index contributed by atoms with van der Waals surface area (Å²) in [6, 6.07) is 7.70. The molecule has 0 aliphatic heterocycles. The molecule has 1 amide bonds. The number of rotatable bonds is 5. The van der Waals surface area contributed by atoms with Crippen molar-refractivity contribution in [2.45, 2.75) is 25.8 Å². The van der Waals surface area contributed by atoms with Gasteiger partial charge >= 0.3 is 0 Å². The van der Waals surface area contributed by atoms with E-state index in [1.54, 1.807) is 4.68 Å². The molecule has 2 aromatic rings. The summed E-state index contributed by atoms with van der Waals surface area (Å²) in [7, 11) is 1.84. The lowest BCUT2D eigenvalue weighted by molar-refractivity contribution is 0.0946. The average Bonchev–Trinajstić information content (AvgIpc) is 2.75. The van der Waals surface area contributed by atoms with Crippen LogP contribution in [0.15, 0.2) is 24.3 Å². The highest BCUT2D eigenvalue weighted by atomic mass is 16.1. The first-order valence-electron chi connectivity index (χ1n) is 6.59. The fourth-order valence-electron chi connectivity index (χ4n) is 2.16. The average molecular weight is 260 g/mol. The second-order valence-corrected chi connectivity index (χ2v) is 4.75. The fourth-order valence-corrected chi connectivity index (χ4v) is 2.16. The third kappa shape index (κ3) is 2.93. The van der Waals surface area contributed by atoms with Gasteiger partial charge in [-0.15, -0.1) is 0 Å². The normalized spacial score (nSPS) is 12.6. The zero-order valence-electron chi connectivity index (χ0n) is 11.4. The maximum absolute atomic E-state index is 12.1. The van der Waals surface area contributed by atoms with Crippen LogP contribution in [-0.2, 0) is 7.05 Å². The lowest BCUT2D eigenvalue weighted by Gasteiger charge is -2.10. The number of benzene rings is 1. The molecule has 0 saturated heterocycles. The first-order chi connectivity index (χ1) is 9.13. The van der Waals surface area contributed by atoms with Gasteiger partial charge in [0.15, 0.2) is 5.69 Å². The highest BCUT2D eigenvalue weighted by Gasteiger charge is 2.15. The minimum Gasteiger partial charge on any atom is -0.349 e. The minimum absolute atomic E-state index is 0.00364. The fraction of sp³-hybridized carbons (Fsp3) is 0.429. The summed E-state index contributed by atoms with van der Waals surface area (Å²) >= 11 is 0. The predicted octanol–water partition coefficient (Wildman–Crippen LogP) is 1.43. The number of para-hydroxylation sites is 1. The number of aryl methyl sites for hydroxylation is 1. The number of hydrogen-bond donors (Lipinski definition) is 2. The van der Waals surface area contributed by atoms with Gasteiger partial charge in [-0.3, -0.25) is 9.48 Å². The number of fused-ring (bicyclic) bond motifs is 1. The Labute approximate surface area is 112 Å². The number of nitrogens with two attached hydrogens (primary N) is 1. The van der Waals surface area contributed by atoms with E-state index in [1.165, 1.54) is 0 Å². The SMILES string of the molecule is CCCC(N)CNC(=O)c1nn(C)c2ccccc12. The Hall–Kier alpha value is -1.88. The maximum atomic E-state index is 12.1. The zero-order valence-corrected chi connectivity index (χ0v) is 11.4. The van der Waals surface area contributed by atoms with Crippen LogP contribution in [0, 0.1) is 0 Å². The monoisotopic (exact) mass is 260 g/mol. The van der Waals surface area contributed by atoms with Gasteiger partial charge in [0.05, 0.1) is 5.52 Å². The van der Waals surface area contributed by atoms with Crippen molar-refractivity contribution in [2.75, 3.05) is 6.54 Å². The summed E-state index contributed by atoms with van der Waals surface area (Å²) in [4.78, 5) is 12.1. The van der Waals surface area contributed by atoms with Gasteiger partial charge in [0, 0.05) is 25.0 Å². The van der Waals surface area contributed by atoms with E-state index in [2.05, 4.69) is 17.3 Å². The molecule has 0 aliphatic rings. The molecule has 19 heavy (non-hydrogen) atoms. The van der Waals surface area contributed by atoms with E-state index in [4.69, 9.17) is 5.73 Å². The summed E-state index contributed by atoms with van der Waals surface area (Å²) in [5.41, 5.74) is 7.30. The Bertz CT molecular complexity index is 576. The highest BCUT2D eigenvalue weighted by Crippen LogP contribution is 2.17. The van der Waals surface area contributed by atoms with Crippen molar-refractivity contribution in [3.63, 3.8) is 0 Å². The summed E-state index contributed by atoms with van der Waals surface area (Å²) < 4.78 is 1.72. The van der Waals surface area contributed by atoms with E-state index in [0.29, 0.717) is 12.2 Å². The molecule has 0 bridgehead atoms. The number of carbonyl (C=O) groups excluding carboxylic acids is 1. The molecule has 0 fully saturated rings. The molecule has 0 spiro atoms. The van der Waals surface area contributed by atoms with E-state index in [-0.39, 0.29) is 11.9 Å². The van der Waals surface area contributed by atoms with Crippen LogP contribution in [0.25, 0.3) is 10.9 Å². The van der Waals surface area contributed by atoms with E-state index in [9.17, 15) is 4.79 Å². The van der Waals surface area contributed by atoms with Crippen molar-refractivity contribution >= 4 is 16.8 Å². The Morgan fingerprint density at radius 3 is 2.95 bits per heavy atom. The first kappa shape index (κ1) is 13.5. The predicted molar refractivity (Wildman–Crippen MR) is 75.9 cm³/mol. The molecule has 0 saturated carbocycles. The number of aromatic nitrogens is 2.